The van der Waals surface area contributed by atoms with Crippen molar-refractivity contribution in [3.8, 4) is 0 Å². The highest BCUT2D eigenvalue weighted by Gasteiger charge is 2.42. The predicted molar refractivity (Wildman–Crippen MR) is 44.9 cm³/mol. The number of hydrogen-bond donors (Lipinski definition) is 1. The van der Waals surface area contributed by atoms with Crippen molar-refractivity contribution in [1.82, 2.24) is 0 Å². The molecule has 1 aliphatic rings. The molecule has 0 aliphatic heterocycles. The Morgan fingerprint density at radius 1 is 1.43 bits per heavy atom. The Bertz CT molecular complexity index is 185. The number of hydrogen-bond acceptors (Lipinski definition) is 2. The molecule has 5 heteroatoms. The lowest BCUT2D eigenvalue weighted by molar-refractivity contribution is -0.151. The summed E-state index contributed by atoms with van der Waals surface area (Å²) in [5, 5.41) is 9.66. The van der Waals surface area contributed by atoms with E-state index in [1.807, 2.05) is 0 Å². The zero-order valence-electron chi connectivity index (χ0n) is 8.10. The molecule has 0 amide bonds. The van der Waals surface area contributed by atoms with Gasteiger partial charge in [0, 0.05) is 26.4 Å². The summed E-state index contributed by atoms with van der Waals surface area (Å²) >= 11 is 0. The average Bonchev–Trinajstić information content (AvgIpc) is 1.97. The Labute approximate surface area is 81.1 Å². The van der Waals surface area contributed by atoms with E-state index in [1.165, 1.54) is 0 Å². The number of methoxy groups -OCH3 is 1. The predicted octanol–water partition coefficient (Wildman–Crippen LogP) is 2.26. The second kappa shape index (κ2) is 4.06. The summed E-state index contributed by atoms with van der Waals surface area (Å²) in [4.78, 5) is 0. The monoisotopic (exact) mass is 212 g/mol. The fourth-order valence-electron chi connectivity index (χ4n) is 1.78. The minimum absolute atomic E-state index is 0.00354. The van der Waals surface area contributed by atoms with Crippen LogP contribution in [0.1, 0.15) is 32.1 Å². The van der Waals surface area contributed by atoms with Crippen LogP contribution in [0, 0.1) is 0 Å². The van der Waals surface area contributed by atoms with Crippen LogP contribution in [0.5, 0.6) is 0 Å². The number of rotatable bonds is 4. The molecule has 1 rings (SSSR count). The first-order valence-electron chi connectivity index (χ1n) is 4.67. The second-order valence-electron chi connectivity index (χ2n) is 3.96. The summed E-state index contributed by atoms with van der Waals surface area (Å²) in [6.07, 6.45) is -3.77. The van der Waals surface area contributed by atoms with Gasteiger partial charge in [0.2, 0.25) is 0 Å². The quantitative estimate of drug-likeness (QED) is 0.774. The normalized spacial score (nSPS) is 32.8. The summed E-state index contributed by atoms with van der Waals surface area (Å²) in [7, 11) is 1.54. The van der Waals surface area contributed by atoms with Gasteiger partial charge in [0.05, 0.1) is 11.7 Å². The van der Waals surface area contributed by atoms with Crippen molar-refractivity contribution >= 4 is 0 Å². The molecule has 0 unspecified atom stereocenters. The molecule has 14 heavy (non-hydrogen) atoms. The smallest absolute Gasteiger partial charge is 0.389 e. The van der Waals surface area contributed by atoms with Crippen LogP contribution in [0.25, 0.3) is 0 Å². The summed E-state index contributed by atoms with van der Waals surface area (Å²) < 4.78 is 40.3. The lowest BCUT2D eigenvalue weighted by atomic mass is 9.74. The second-order valence-corrected chi connectivity index (χ2v) is 3.96. The fraction of sp³-hybridized carbons (Fsp3) is 1.00. The minimum Gasteiger partial charge on any atom is -0.390 e. The number of ether oxygens (including phenoxy) is 1. The first-order chi connectivity index (χ1) is 6.35. The third-order valence-corrected chi connectivity index (χ3v) is 2.65. The number of aliphatic hydroxyl groups is 1. The van der Waals surface area contributed by atoms with Crippen molar-refractivity contribution in [1.29, 1.82) is 0 Å². The largest absolute Gasteiger partial charge is 0.390 e. The van der Waals surface area contributed by atoms with Gasteiger partial charge in [0.25, 0.3) is 0 Å². The van der Waals surface area contributed by atoms with Crippen molar-refractivity contribution in [3.05, 3.63) is 0 Å². The zero-order valence-corrected chi connectivity index (χ0v) is 8.10. The molecule has 0 spiro atoms. The van der Waals surface area contributed by atoms with Gasteiger partial charge in [-0.3, -0.25) is 0 Å². The molecule has 0 saturated heterocycles. The van der Waals surface area contributed by atoms with Gasteiger partial charge >= 0.3 is 6.18 Å². The topological polar surface area (TPSA) is 29.5 Å². The summed E-state index contributed by atoms with van der Waals surface area (Å²) in [6, 6.07) is 0. The third-order valence-electron chi connectivity index (χ3n) is 2.65. The molecule has 0 heterocycles. The van der Waals surface area contributed by atoms with Crippen LogP contribution >= 0.6 is 0 Å². The summed E-state index contributed by atoms with van der Waals surface area (Å²) in [6.45, 7) is 0. The minimum atomic E-state index is -4.11. The van der Waals surface area contributed by atoms with E-state index in [2.05, 4.69) is 0 Å². The summed E-state index contributed by atoms with van der Waals surface area (Å²) in [5.41, 5.74) is -0.911. The molecule has 0 aromatic carbocycles. The van der Waals surface area contributed by atoms with Crippen LogP contribution < -0.4 is 0 Å². The molecule has 0 atom stereocenters. The first kappa shape index (κ1) is 11.8. The van der Waals surface area contributed by atoms with Crippen LogP contribution in [-0.2, 0) is 4.74 Å². The van der Waals surface area contributed by atoms with Gasteiger partial charge in [0.1, 0.15) is 0 Å². The molecular formula is C9H15F3O2. The lowest BCUT2D eigenvalue weighted by Gasteiger charge is -2.42. The molecule has 0 radical (unpaired) electrons. The van der Waals surface area contributed by atoms with Crippen LogP contribution in [-0.4, -0.2) is 30.1 Å². The molecule has 1 aliphatic carbocycles. The maximum Gasteiger partial charge on any atom is 0.389 e. The van der Waals surface area contributed by atoms with Gasteiger partial charge in [-0.25, -0.2) is 0 Å². The molecule has 0 bridgehead atoms. The molecule has 0 aromatic rings. The molecule has 2 nitrogen and oxygen atoms in total. The van der Waals surface area contributed by atoms with Crippen LogP contribution in [0.3, 0.4) is 0 Å². The highest BCUT2D eigenvalue weighted by molar-refractivity contribution is 4.94. The van der Waals surface area contributed by atoms with Crippen LogP contribution in [0.4, 0.5) is 13.2 Å². The van der Waals surface area contributed by atoms with E-state index in [0.717, 1.165) is 0 Å². The molecule has 1 N–H and O–H groups in total. The highest BCUT2D eigenvalue weighted by Crippen LogP contribution is 2.39. The van der Waals surface area contributed by atoms with E-state index < -0.39 is 18.2 Å². The maximum absolute atomic E-state index is 11.8. The summed E-state index contributed by atoms with van der Waals surface area (Å²) in [5.74, 6) is 0. The van der Waals surface area contributed by atoms with Crippen LogP contribution in [0.2, 0.25) is 0 Å². The molecule has 0 aromatic heterocycles. The Balaban J connectivity index is 2.14. The molecular weight excluding hydrogens is 197 g/mol. The average molecular weight is 212 g/mol. The zero-order chi connectivity index (χ0) is 10.8. The third kappa shape index (κ3) is 3.46. The van der Waals surface area contributed by atoms with E-state index in [4.69, 9.17) is 4.74 Å². The number of alkyl halides is 3. The lowest BCUT2D eigenvalue weighted by Crippen LogP contribution is -2.47. The fourth-order valence-corrected chi connectivity index (χ4v) is 1.78. The van der Waals surface area contributed by atoms with E-state index in [1.54, 1.807) is 7.11 Å². The van der Waals surface area contributed by atoms with E-state index in [0.29, 0.717) is 12.8 Å². The van der Waals surface area contributed by atoms with Gasteiger partial charge in [-0.15, -0.1) is 0 Å². The highest BCUT2D eigenvalue weighted by atomic mass is 19.4. The standard InChI is InChI=1S/C9H15F3O2/c1-14-7-5-8(13,6-7)3-2-4-9(10,11)12/h7,13H,2-6H2,1H3. The van der Waals surface area contributed by atoms with E-state index in [9.17, 15) is 18.3 Å². The Morgan fingerprint density at radius 2 is 2.00 bits per heavy atom. The first-order valence-corrected chi connectivity index (χ1v) is 4.67. The van der Waals surface area contributed by atoms with E-state index >= 15 is 0 Å². The molecule has 84 valence electrons. The Hall–Kier alpha value is -0.290. The van der Waals surface area contributed by atoms with Gasteiger partial charge in [-0.05, 0) is 12.8 Å². The van der Waals surface area contributed by atoms with Gasteiger partial charge in [-0.1, -0.05) is 0 Å². The van der Waals surface area contributed by atoms with Gasteiger partial charge in [-0.2, -0.15) is 13.2 Å². The van der Waals surface area contributed by atoms with Gasteiger partial charge < -0.3 is 9.84 Å². The van der Waals surface area contributed by atoms with Crippen LogP contribution in [0.15, 0.2) is 0 Å². The van der Waals surface area contributed by atoms with Crippen molar-refractivity contribution in [3.63, 3.8) is 0 Å². The Kier molecular flexibility index (Phi) is 3.42. The number of halogens is 3. The van der Waals surface area contributed by atoms with Crippen molar-refractivity contribution < 1.29 is 23.0 Å². The van der Waals surface area contributed by atoms with Crippen molar-refractivity contribution in [2.24, 2.45) is 0 Å². The van der Waals surface area contributed by atoms with Gasteiger partial charge in [0.15, 0.2) is 0 Å². The Morgan fingerprint density at radius 3 is 2.43 bits per heavy atom. The van der Waals surface area contributed by atoms with E-state index in [-0.39, 0.29) is 18.9 Å². The molecule has 1 fully saturated rings. The van der Waals surface area contributed by atoms with Crippen molar-refractivity contribution in [2.45, 2.75) is 50.0 Å². The SMILES string of the molecule is COC1CC(O)(CCCC(F)(F)F)C1. The maximum atomic E-state index is 11.8. The van der Waals surface area contributed by atoms with Crippen molar-refractivity contribution in [2.75, 3.05) is 7.11 Å². The molecule has 1 saturated carbocycles.